The predicted octanol–water partition coefficient (Wildman–Crippen LogP) is 0.525. The zero-order chi connectivity index (χ0) is 7.72. The van der Waals surface area contributed by atoms with E-state index in [1.807, 2.05) is 0 Å². The van der Waals surface area contributed by atoms with E-state index in [4.69, 9.17) is 0 Å². The van der Waals surface area contributed by atoms with Crippen molar-refractivity contribution in [3.05, 3.63) is 12.8 Å². The lowest BCUT2D eigenvalue weighted by Crippen LogP contribution is -2.23. The van der Waals surface area contributed by atoms with E-state index in [0.717, 1.165) is 4.90 Å². The van der Waals surface area contributed by atoms with Crippen molar-refractivity contribution >= 4 is 11.8 Å². The van der Waals surface area contributed by atoms with Crippen molar-refractivity contribution < 1.29 is 9.59 Å². The molecule has 1 rings (SSSR count). The first kappa shape index (κ1) is 6.99. The summed E-state index contributed by atoms with van der Waals surface area (Å²) in [5.74, 6) is -0.446. The molecule has 1 unspecified atom stereocenters. The lowest BCUT2D eigenvalue weighted by atomic mass is 10.1. The van der Waals surface area contributed by atoms with Gasteiger partial charge in [-0.3, -0.25) is 14.5 Å². The highest BCUT2D eigenvalue weighted by Crippen LogP contribution is 2.17. The van der Waals surface area contributed by atoms with Gasteiger partial charge in [0.15, 0.2) is 0 Å². The van der Waals surface area contributed by atoms with Gasteiger partial charge in [0.25, 0.3) is 0 Å². The Morgan fingerprint density at radius 3 is 2.50 bits per heavy atom. The molecule has 3 nitrogen and oxygen atoms in total. The summed E-state index contributed by atoms with van der Waals surface area (Å²) < 4.78 is 0. The Balaban J connectivity index is 2.83. The van der Waals surface area contributed by atoms with Crippen LogP contribution in [0.2, 0.25) is 0 Å². The Hall–Kier alpha value is -1.12. The van der Waals surface area contributed by atoms with Crippen LogP contribution in [0.25, 0.3) is 0 Å². The summed E-state index contributed by atoms with van der Waals surface area (Å²) >= 11 is 0. The third kappa shape index (κ3) is 0.835. The molecule has 0 aromatic heterocycles. The fraction of sp³-hybridized carbons (Fsp3) is 0.429. The Morgan fingerprint density at radius 2 is 2.30 bits per heavy atom. The van der Waals surface area contributed by atoms with Gasteiger partial charge >= 0.3 is 0 Å². The van der Waals surface area contributed by atoms with Gasteiger partial charge in [0.2, 0.25) is 11.8 Å². The maximum Gasteiger partial charge on any atom is 0.236 e. The van der Waals surface area contributed by atoms with Crippen molar-refractivity contribution in [2.24, 2.45) is 5.92 Å². The smallest absolute Gasteiger partial charge is 0.236 e. The molecular weight excluding hydrogens is 130 g/mol. The van der Waals surface area contributed by atoms with Crippen LogP contribution in [0.1, 0.15) is 13.3 Å². The van der Waals surface area contributed by atoms with E-state index < -0.39 is 0 Å². The topological polar surface area (TPSA) is 37.4 Å². The number of hydrogen-bond donors (Lipinski definition) is 0. The fourth-order valence-electron chi connectivity index (χ4n) is 1.000. The minimum atomic E-state index is -0.162. The van der Waals surface area contributed by atoms with Crippen LogP contribution in [0.5, 0.6) is 0 Å². The van der Waals surface area contributed by atoms with Crippen LogP contribution in [-0.4, -0.2) is 16.7 Å². The quantitative estimate of drug-likeness (QED) is 0.497. The molecule has 0 N–H and O–H groups in total. The largest absolute Gasteiger partial charge is 0.274 e. The van der Waals surface area contributed by atoms with Crippen molar-refractivity contribution in [1.29, 1.82) is 0 Å². The molecule has 1 saturated heterocycles. The number of likely N-dealkylation sites (tertiary alicyclic amines) is 1. The maximum absolute atomic E-state index is 11.0. The zero-order valence-corrected chi connectivity index (χ0v) is 5.83. The van der Waals surface area contributed by atoms with Crippen LogP contribution in [0.4, 0.5) is 0 Å². The minimum Gasteiger partial charge on any atom is -0.274 e. The van der Waals surface area contributed by atoms with E-state index in [9.17, 15) is 9.59 Å². The molecule has 1 atom stereocenters. The van der Waals surface area contributed by atoms with Crippen LogP contribution in [-0.2, 0) is 9.59 Å². The normalized spacial score (nSPS) is 25.7. The Labute approximate surface area is 59.3 Å². The highest BCUT2D eigenvalue weighted by molar-refractivity contribution is 6.04. The molecule has 0 aromatic rings. The second-order valence-corrected chi connectivity index (χ2v) is 2.39. The molecule has 54 valence electrons. The molecule has 2 amide bonds. The van der Waals surface area contributed by atoms with Gasteiger partial charge in [0, 0.05) is 18.5 Å². The van der Waals surface area contributed by atoms with Crippen molar-refractivity contribution in [1.82, 2.24) is 4.90 Å². The molecule has 0 aliphatic carbocycles. The van der Waals surface area contributed by atoms with Crippen molar-refractivity contribution in [3.63, 3.8) is 0 Å². The van der Waals surface area contributed by atoms with Gasteiger partial charge in [-0.2, -0.15) is 0 Å². The summed E-state index contributed by atoms with van der Waals surface area (Å²) in [4.78, 5) is 22.9. The summed E-state index contributed by atoms with van der Waals surface area (Å²) in [5.41, 5.74) is 0. The van der Waals surface area contributed by atoms with Crippen LogP contribution in [0.3, 0.4) is 0 Å². The number of carbonyl (C=O) groups excluding carboxylic acids is 2. The molecule has 0 aromatic carbocycles. The average molecular weight is 139 g/mol. The lowest BCUT2D eigenvalue weighted by Gasteiger charge is -2.05. The molecule has 10 heavy (non-hydrogen) atoms. The van der Waals surface area contributed by atoms with Gasteiger partial charge < -0.3 is 0 Å². The van der Waals surface area contributed by atoms with E-state index in [-0.39, 0.29) is 17.7 Å². The molecule has 0 saturated carbocycles. The second-order valence-electron chi connectivity index (χ2n) is 2.39. The highest BCUT2D eigenvalue weighted by Gasteiger charge is 2.33. The first-order chi connectivity index (χ1) is 4.66. The van der Waals surface area contributed by atoms with Crippen molar-refractivity contribution in [2.75, 3.05) is 0 Å². The maximum atomic E-state index is 11.0. The molecule has 1 heterocycles. The predicted molar refractivity (Wildman–Crippen MR) is 35.8 cm³/mol. The summed E-state index contributed by atoms with van der Waals surface area (Å²) in [6.07, 6.45) is 1.60. The first-order valence-electron chi connectivity index (χ1n) is 3.15. The average Bonchev–Trinajstić information content (AvgIpc) is 2.09. The zero-order valence-electron chi connectivity index (χ0n) is 5.83. The third-order valence-electron chi connectivity index (χ3n) is 1.59. The summed E-state index contributed by atoms with van der Waals surface area (Å²) in [6, 6.07) is 0. The van der Waals surface area contributed by atoms with Gasteiger partial charge in [-0.05, 0) is 0 Å². The summed E-state index contributed by atoms with van der Waals surface area (Å²) in [7, 11) is 0. The first-order valence-corrected chi connectivity index (χ1v) is 3.15. The minimum absolute atomic E-state index is 0.139. The Morgan fingerprint density at radius 1 is 1.70 bits per heavy atom. The Bertz CT molecular complexity index is 198. The molecule has 3 heteroatoms. The molecule has 1 aliphatic heterocycles. The third-order valence-corrected chi connectivity index (χ3v) is 1.59. The van der Waals surface area contributed by atoms with Crippen LogP contribution >= 0.6 is 0 Å². The van der Waals surface area contributed by atoms with E-state index in [2.05, 4.69) is 6.58 Å². The molecule has 0 radical (unpaired) electrons. The molecule has 0 bridgehead atoms. The molecule has 1 fully saturated rings. The molecule has 0 spiro atoms. The van der Waals surface area contributed by atoms with E-state index >= 15 is 0 Å². The highest BCUT2D eigenvalue weighted by atomic mass is 16.2. The number of hydrogen-bond acceptors (Lipinski definition) is 2. The molecular formula is C7H9NO2. The van der Waals surface area contributed by atoms with E-state index in [1.54, 1.807) is 6.92 Å². The fourth-order valence-corrected chi connectivity index (χ4v) is 1.000. The van der Waals surface area contributed by atoms with Gasteiger partial charge in [-0.1, -0.05) is 13.5 Å². The van der Waals surface area contributed by atoms with Gasteiger partial charge in [-0.15, -0.1) is 0 Å². The second kappa shape index (κ2) is 2.25. The number of rotatable bonds is 1. The van der Waals surface area contributed by atoms with E-state index in [1.165, 1.54) is 6.20 Å². The van der Waals surface area contributed by atoms with Gasteiger partial charge in [-0.25, -0.2) is 0 Å². The number of imide groups is 1. The van der Waals surface area contributed by atoms with Crippen LogP contribution < -0.4 is 0 Å². The van der Waals surface area contributed by atoms with E-state index in [0.29, 0.717) is 6.42 Å². The van der Waals surface area contributed by atoms with Gasteiger partial charge in [0.05, 0.1) is 0 Å². The lowest BCUT2D eigenvalue weighted by molar-refractivity contribution is -0.135. The standard InChI is InChI=1S/C7H9NO2/c1-3-8-6(9)4-5(2)7(8)10/h3,5H,1,4H2,2H3. The monoisotopic (exact) mass is 139 g/mol. The summed E-state index contributed by atoms with van der Waals surface area (Å²) in [6.45, 7) is 5.10. The van der Waals surface area contributed by atoms with Gasteiger partial charge in [0.1, 0.15) is 0 Å². The summed E-state index contributed by atoms with van der Waals surface area (Å²) in [5, 5.41) is 0. The number of nitrogens with zero attached hydrogens (tertiary/aromatic N) is 1. The number of carbonyl (C=O) groups is 2. The Kier molecular flexibility index (Phi) is 1.57. The molecule has 1 aliphatic rings. The number of amides is 2. The van der Waals surface area contributed by atoms with Crippen molar-refractivity contribution in [3.8, 4) is 0 Å². The SMILES string of the molecule is C=CN1C(=O)CC(C)C1=O. The van der Waals surface area contributed by atoms with Crippen LogP contribution in [0, 0.1) is 5.92 Å². The van der Waals surface area contributed by atoms with Crippen molar-refractivity contribution in [2.45, 2.75) is 13.3 Å². The van der Waals surface area contributed by atoms with Crippen LogP contribution in [0.15, 0.2) is 12.8 Å².